The van der Waals surface area contributed by atoms with Crippen molar-refractivity contribution in [1.29, 1.82) is 0 Å². The van der Waals surface area contributed by atoms with Crippen LogP contribution in [-0.2, 0) is 26.8 Å². The standard InChI is InChI=1S/C18H15FN2O3.4C18H15P.Pd/c1-11-13(10-15(18(23)24)17(22)16(11)19)9-12-3-5-14(6-4-12)21-8-2-7-20-21;4*1-4-10-16(11-5-1)19(17-12-6-2-7-13-17)18-14-8-3-9-15-18;/h2-8,10,22H,9H2,1H3,(H,23,24);4*1-15H;. The van der Waals surface area contributed by atoms with E-state index in [4.69, 9.17) is 5.11 Å². The van der Waals surface area contributed by atoms with Crippen LogP contribution in [0.5, 0.6) is 5.75 Å². The van der Waals surface area contributed by atoms with Crippen molar-refractivity contribution in [3.8, 4) is 11.4 Å². The molecule has 0 atom stereocenters. The summed E-state index contributed by atoms with van der Waals surface area (Å²) in [5.41, 5.74) is 2.13. The maximum atomic E-state index is 14.0. The van der Waals surface area contributed by atoms with E-state index in [2.05, 4.69) is 369 Å². The predicted molar refractivity (Wildman–Crippen MR) is 427 cm³/mol. The molecule has 1 aromatic heterocycles. The smallest absolute Gasteiger partial charge is 0.339 e. The van der Waals surface area contributed by atoms with E-state index in [0.29, 0.717) is 12.0 Å². The van der Waals surface area contributed by atoms with Gasteiger partial charge >= 0.3 is 5.97 Å². The molecule has 0 aliphatic heterocycles. The van der Waals surface area contributed by atoms with Crippen LogP contribution in [-0.4, -0.2) is 26.0 Å². The number of phenols is 1. The molecule has 11 heteroatoms. The molecule has 0 saturated carbocycles. The summed E-state index contributed by atoms with van der Waals surface area (Å²) in [5, 5.41) is 39.6. The molecular formula is C90H75FN2O3P4Pd. The first-order valence-corrected chi connectivity index (χ1v) is 38.3. The van der Waals surface area contributed by atoms with E-state index in [1.807, 2.05) is 36.5 Å². The minimum atomic E-state index is -1.36. The second-order valence-electron chi connectivity index (χ2n) is 22.8. The molecule has 500 valence electrons. The number of carbonyl (C=O) groups is 1. The molecular weight excluding hydrogens is 1410 g/mol. The van der Waals surface area contributed by atoms with Gasteiger partial charge in [0, 0.05) is 32.8 Å². The number of benzene rings is 14. The maximum absolute atomic E-state index is 14.0. The summed E-state index contributed by atoms with van der Waals surface area (Å²) in [6.45, 7) is 1.52. The number of carboxylic acid groups (broad SMARTS) is 1. The minimum Gasteiger partial charge on any atom is -0.504 e. The number of hydrogen-bond donors (Lipinski definition) is 2. The number of halogens is 1. The van der Waals surface area contributed by atoms with Crippen LogP contribution in [0.15, 0.2) is 413 Å². The van der Waals surface area contributed by atoms with Crippen LogP contribution >= 0.6 is 31.7 Å². The predicted octanol–water partition coefficient (Wildman–Crippen LogP) is 17.1. The summed E-state index contributed by atoms with van der Waals surface area (Å²) in [6, 6.07) is 140. The summed E-state index contributed by atoms with van der Waals surface area (Å²) in [5.74, 6) is -3.07. The first-order valence-electron chi connectivity index (χ1n) is 32.9. The molecule has 0 spiro atoms. The van der Waals surface area contributed by atoms with Crippen LogP contribution in [0.1, 0.15) is 27.0 Å². The van der Waals surface area contributed by atoms with Crippen LogP contribution < -0.4 is 63.7 Å². The Morgan fingerprint density at radius 3 is 0.752 bits per heavy atom. The molecule has 1 heterocycles. The van der Waals surface area contributed by atoms with Gasteiger partial charge in [0.05, 0.1) is 5.69 Å². The van der Waals surface area contributed by atoms with E-state index >= 15 is 0 Å². The normalized spacial score (nSPS) is 10.5. The largest absolute Gasteiger partial charge is 0.504 e. The van der Waals surface area contributed by atoms with Crippen molar-refractivity contribution in [2.75, 3.05) is 0 Å². The third kappa shape index (κ3) is 20.8. The van der Waals surface area contributed by atoms with Gasteiger partial charge in [-0.05, 0) is 150 Å². The van der Waals surface area contributed by atoms with E-state index in [0.717, 1.165) is 11.3 Å². The second kappa shape index (κ2) is 39.0. The molecule has 15 aromatic rings. The molecule has 14 aromatic carbocycles. The number of aromatic carboxylic acids is 1. The Morgan fingerprint density at radius 2 is 0.564 bits per heavy atom. The summed E-state index contributed by atoms with van der Waals surface area (Å²) in [7, 11) is -1.78. The van der Waals surface area contributed by atoms with Gasteiger partial charge in [-0.1, -0.05) is 376 Å². The van der Waals surface area contributed by atoms with Crippen LogP contribution in [0.2, 0.25) is 0 Å². The van der Waals surface area contributed by atoms with Gasteiger partial charge in [0.2, 0.25) is 0 Å². The molecule has 0 saturated heterocycles. The second-order valence-corrected chi connectivity index (χ2v) is 31.7. The minimum absolute atomic E-state index is 0. The Morgan fingerprint density at radius 1 is 0.347 bits per heavy atom. The number of carboxylic acids is 1. The van der Waals surface area contributed by atoms with Crippen LogP contribution in [0, 0.1) is 12.7 Å². The van der Waals surface area contributed by atoms with Gasteiger partial charge < -0.3 is 10.2 Å². The van der Waals surface area contributed by atoms with E-state index in [1.54, 1.807) is 10.9 Å². The average Bonchev–Trinajstić information content (AvgIpc) is 1.76. The quantitative estimate of drug-likeness (QED) is 0.0747. The fourth-order valence-electron chi connectivity index (χ4n) is 11.3. The topological polar surface area (TPSA) is 75.4 Å². The van der Waals surface area contributed by atoms with E-state index in [-0.39, 0.29) is 26.0 Å². The summed E-state index contributed by atoms with van der Waals surface area (Å²) >= 11 is 0. The van der Waals surface area contributed by atoms with Crippen molar-refractivity contribution >= 4 is 101 Å². The van der Waals surface area contributed by atoms with Crippen molar-refractivity contribution < 1.29 is 39.8 Å². The van der Waals surface area contributed by atoms with E-state index < -0.39 is 54.8 Å². The molecule has 15 rings (SSSR count). The van der Waals surface area contributed by atoms with Crippen molar-refractivity contribution in [3.63, 3.8) is 0 Å². The zero-order chi connectivity index (χ0) is 68.9. The van der Waals surface area contributed by atoms with Gasteiger partial charge in [0.15, 0.2) is 11.6 Å². The monoisotopic (exact) mass is 1480 g/mol. The number of aromatic nitrogens is 2. The number of rotatable bonds is 16. The Labute approximate surface area is 612 Å². The van der Waals surface area contributed by atoms with Gasteiger partial charge in [0.1, 0.15) is 5.56 Å². The molecule has 0 bridgehead atoms. The van der Waals surface area contributed by atoms with Crippen molar-refractivity contribution in [1.82, 2.24) is 9.78 Å². The molecule has 0 aliphatic rings. The SMILES string of the molecule is Cc1c(Cc2ccc(-n3cccn3)cc2)cc(C(=O)O)c(O)c1F.[Pd].c1ccc(P(c2ccccc2)c2ccccc2)cc1.c1ccc(P(c2ccccc2)c2ccccc2)cc1.c1ccc(P(c2ccccc2)c2ccccc2)cc1.c1ccc(P(c2ccccc2)c2ccccc2)cc1. The van der Waals surface area contributed by atoms with Crippen molar-refractivity contribution in [2.45, 2.75) is 13.3 Å². The fraction of sp³-hybridized carbons (Fsp3) is 0.0222. The zero-order valence-corrected chi connectivity index (χ0v) is 60.8. The Balaban J connectivity index is 0.000000136. The van der Waals surface area contributed by atoms with Gasteiger partial charge in [-0.2, -0.15) is 5.10 Å². The van der Waals surface area contributed by atoms with E-state index in [1.165, 1.54) is 76.6 Å². The zero-order valence-electron chi connectivity index (χ0n) is 55.6. The van der Waals surface area contributed by atoms with Gasteiger partial charge in [-0.15, -0.1) is 0 Å². The average molecular weight is 1480 g/mol. The maximum Gasteiger partial charge on any atom is 0.339 e. The van der Waals surface area contributed by atoms with Crippen molar-refractivity contribution in [2.24, 2.45) is 0 Å². The number of hydrogen-bond acceptors (Lipinski definition) is 3. The first-order chi connectivity index (χ1) is 49.3. The summed E-state index contributed by atoms with van der Waals surface area (Å²) in [6.07, 6.45) is 3.88. The first kappa shape index (κ1) is 73.6. The van der Waals surface area contributed by atoms with Crippen LogP contribution in [0.4, 0.5) is 4.39 Å². The molecule has 101 heavy (non-hydrogen) atoms. The summed E-state index contributed by atoms with van der Waals surface area (Å²) < 4.78 is 15.8. The van der Waals surface area contributed by atoms with Gasteiger partial charge in [0.25, 0.3) is 0 Å². The van der Waals surface area contributed by atoms with Crippen molar-refractivity contribution in [3.05, 3.63) is 441 Å². The Bertz CT molecular complexity index is 3980. The van der Waals surface area contributed by atoms with Gasteiger partial charge in [-0.25, -0.2) is 13.9 Å². The van der Waals surface area contributed by atoms with Gasteiger partial charge in [-0.3, -0.25) is 0 Å². The third-order valence-electron chi connectivity index (χ3n) is 16.1. The number of aromatic hydroxyl groups is 1. The third-order valence-corrected chi connectivity index (χ3v) is 25.9. The Hall–Kier alpha value is -10.1. The van der Waals surface area contributed by atoms with Crippen LogP contribution in [0.25, 0.3) is 5.69 Å². The summed E-state index contributed by atoms with van der Waals surface area (Å²) in [4.78, 5) is 11.1. The molecule has 2 N–H and O–H groups in total. The Kier molecular flexibility index (Phi) is 28.4. The fourth-order valence-corrected chi connectivity index (χ4v) is 20.5. The molecule has 0 amide bonds. The molecule has 0 fully saturated rings. The molecule has 0 unspecified atom stereocenters. The van der Waals surface area contributed by atoms with Crippen LogP contribution in [0.3, 0.4) is 0 Å². The molecule has 0 aliphatic carbocycles. The number of nitrogens with zero attached hydrogens (tertiary/aromatic N) is 2. The molecule has 0 radical (unpaired) electrons. The molecule has 5 nitrogen and oxygen atoms in total. The van der Waals surface area contributed by atoms with E-state index in [9.17, 15) is 14.3 Å².